The van der Waals surface area contributed by atoms with Crippen LogP contribution in [-0.4, -0.2) is 70.5 Å². The van der Waals surface area contributed by atoms with Crippen LogP contribution >= 0.6 is 0 Å². The van der Waals surface area contributed by atoms with E-state index in [1.54, 1.807) is 37.5 Å². The molecular weight excluding hydrogens is 442 g/mol. The maximum absolute atomic E-state index is 13.0. The number of methoxy groups -OCH3 is 2. The number of nitrogens with zero attached hydrogens (tertiary/aromatic N) is 2. The zero-order chi connectivity index (χ0) is 24.0. The summed E-state index contributed by atoms with van der Waals surface area (Å²) in [4.78, 5) is 15.3. The molecule has 1 aliphatic rings. The van der Waals surface area contributed by atoms with Crippen LogP contribution in [0.1, 0.15) is 22.8 Å². The first-order valence-electron chi connectivity index (χ1n) is 10.8. The van der Waals surface area contributed by atoms with Crippen LogP contribution in [0.5, 0.6) is 11.5 Å². The molecule has 9 heteroatoms. The highest BCUT2D eigenvalue weighted by molar-refractivity contribution is 7.89. The van der Waals surface area contributed by atoms with Gasteiger partial charge in [-0.2, -0.15) is 4.31 Å². The number of ether oxygens (including phenoxy) is 2. The first-order valence-corrected chi connectivity index (χ1v) is 12.3. The Morgan fingerprint density at radius 2 is 1.76 bits per heavy atom. The lowest BCUT2D eigenvalue weighted by molar-refractivity contribution is 0.102. The van der Waals surface area contributed by atoms with Gasteiger partial charge in [0.05, 0.1) is 19.1 Å². The van der Waals surface area contributed by atoms with E-state index in [-0.39, 0.29) is 10.8 Å². The fourth-order valence-corrected chi connectivity index (χ4v) is 5.25. The van der Waals surface area contributed by atoms with E-state index >= 15 is 0 Å². The molecule has 3 rings (SSSR count). The summed E-state index contributed by atoms with van der Waals surface area (Å²) in [7, 11) is -0.508. The van der Waals surface area contributed by atoms with Crippen LogP contribution in [0.15, 0.2) is 53.9 Å². The zero-order valence-electron chi connectivity index (χ0n) is 19.3. The molecule has 8 nitrogen and oxygen atoms in total. The number of hydrogen-bond donors (Lipinski definition) is 1. The zero-order valence-corrected chi connectivity index (χ0v) is 20.2. The van der Waals surface area contributed by atoms with E-state index in [1.807, 2.05) is 0 Å². The van der Waals surface area contributed by atoms with Crippen molar-refractivity contribution in [3.8, 4) is 11.5 Å². The molecule has 0 aromatic heterocycles. The Kier molecular flexibility index (Phi) is 8.12. The van der Waals surface area contributed by atoms with Crippen LogP contribution < -0.4 is 14.8 Å². The monoisotopic (exact) mass is 473 g/mol. The van der Waals surface area contributed by atoms with Crippen molar-refractivity contribution in [2.75, 3.05) is 52.3 Å². The highest BCUT2D eigenvalue weighted by atomic mass is 32.2. The number of sulfonamides is 1. The Bertz CT molecular complexity index is 1090. The quantitative estimate of drug-likeness (QED) is 0.564. The average molecular weight is 474 g/mol. The van der Waals surface area contributed by atoms with Crippen LogP contribution in [0, 0.1) is 0 Å². The van der Waals surface area contributed by atoms with E-state index in [2.05, 4.69) is 23.7 Å². The number of nitrogens with one attached hydrogen (secondary N) is 1. The third-order valence-corrected chi connectivity index (χ3v) is 7.62. The van der Waals surface area contributed by atoms with Gasteiger partial charge in [-0.05, 0) is 49.4 Å². The normalized spacial score (nSPS) is 15.1. The molecule has 0 radical (unpaired) electrons. The highest BCUT2D eigenvalue weighted by Gasteiger charge is 2.28. The molecule has 178 valence electrons. The van der Waals surface area contributed by atoms with Gasteiger partial charge in [0.1, 0.15) is 0 Å². The van der Waals surface area contributed by atoms with E-state index in [4.69, 9.17) is 9.47 Å². The van der Waals surface area contributed by atoms with Gasteiger partial charge in [-0.15, -0.1) is 6.58 Å². The van der Waals surface area contributed by atoms with Gasteiger partial charge in [-0.1, -0.05) is 13.0 Å². The Labute approximate surface area is 195 Å². The molecule has 1 fully saturated rings. The molecule has 0 unspecified atom stereocenters. The predicted octanol–water partition coefficient (Wildman–Crippen LogP) is 3.01. The second kappa shape index (κ2) is 10.8. The largest absolute Gasteiger partial charge is 0.493 e. The molecular formula is C24H31N3O5S. The van der Waals surface area contributed by atoms with Gasteiger partial charge in [0, 0.05) is 43.0 Å². The summed E-state index contributed by atoms with van der Waals surface area (Å²) < 4.78 is 38.2. The lowest BCUT2D eigenvalue weighted by Gasteiger charge is -2.33. The maximum Gasteiger partial charge on any atom is 0.255 e. The molecule has 1 heterocycles. The topological polar surface area (TPSA) is 88.2 Å². The fourth-order valence-electron chi connectivity index (χ4n) is 3.83. The van der Waals surface area contributed by atoms with E-state index in [9.17, 15) is 13.2 Å². The lowest BCUT2D eigenvalue weighted by Crippen LogP contribution is -2.48. The van der Waals surface area contributed by atoms with Crippen molar-refractivity contribution in [3.63, 3.8) is 0 Å². The number of piperazine rings is 1. The number of amides is 1. The average Bonchev–Trinajstić information content (AvgIpc) is 2.84. The molecule has 0 saturated carbocycles. The highest BCUT2D eigenvalue weighted by Crippen LogP contribution is 2.33. The summed E-state index contributed by atoms with van der Waals surface area (Å²) in [6.07, 6.45) is 2.24. The molecule has 0 spiro atoms. The van der Waals surface area contributed by atoms with Gasteiger partial charge in [-0.25, -0.2) is 8.42 Å². The van der Waals surface area contributed by atoms with Gasteiger partial charge in [-0.3, -0.25) is 4.79 Å². The Morgan fingerprint density at radius 1 is 1.09 bits per heavy atom. The lowest BCUT2D eigenvalue weighted by atomic mass is 10.0. The van der Waals surface area contributed by atoms with Gasteiger partial charge < -0.3 is 19.7 Å². The number of carbonyl (C=O) groups excluding carboxylic acids is 1. The minimum atomic E-state index is -3.57. The van der Waals surface area contributed by atoms with Crippen molar-refractivity contribution in [2.24, 2.45) is 0 Å². The summed E-state index contributed by atoms with van der Waals surface area (Å²) in [5.74, 6) is 0.669. The molecule has 33 heavy (non-hydrogen) atoms. The van der Waals surface area contributed by atoms with Crippen molar-refractivity contribution < 1.29 is 22.7 Å². The fraction of sp³-hybridized carbons (Fsp3) is 0.375. The maximum atomic E-state index is 13.0. The first-order chi connectivity index (χ1) is 15.8. The minimum absolute atomic E-state index is 0.213. The third-order valence-electron chi connectivity index (χ3n) is 5.71. The molecule has 0 bridgehead atoms. The Balaban J connectivity index is 1.75. The van der Waals surface area contributed by atoms with Gasteiger partial charge in [0.25, 0.3) is 5.91 Å². The molecule has 0 atom stereocenters. The summed E-state index contributed by atoms with van der Waals surface area (Å²) >= 11 is 0. The number of allylic oxidation sites excluding steroid dienone is 1. The van der Waals surface area contributed by atoms with Crippen molar-refractivity contribution in [3.05, 3.63) is 60.2 Å². The van der Waals surface area contributed by atoms with E-state index in [0.717, 1.165) is 25.2 Å². The van der Waals surface area contributed by atoms with E-state index in [1.165, 1.54) is 23.5 Å². The second-order valence-electron chi connectivity index (χ2n) is 7.68. The molecule has 2 aromatic carbocycles. The predicted molar refractivity (Wildman–Crippen MR) is 129 cm³/mol. The minimum Gasteiger partial charge on any atom is -0.493 e. The van der Waals surface area contributed by atoms with Crippen LogP contribution in [0.25, 0.3) is 0 Å². The molecule has 0 aliphatic carbocycles. The number of benzene rings is 2. The van der Waals surface area contributed by atoms with Gasteiger partial charge in [0.2, 0.25) is 10.0 Å². The molecule has 1 N–H and O–H groups in total. The number of anilines is 1. The molecule has 2 aromatic rings. The Hall–Kier alpha value is -2.88. The summed E-state index contributed by atoms with van der Waals surface area (Å²) in [5, 5.41) is 2.81. The van der Waals surface area contributed by atoms with Crippen LogP contribution in [0.3, 0.4) is 0 Å². The van der Waals surface area contributed by atoms with E-state index < -0.39 is 10.0 Å². The van der Waals surface area contributed by atoms with Crippen molar-refractivity contribution in [2.45, 2.75) is 18.2 Å². The second-order valence-corrected chi connectivity index (χ2v) is 9.62. The van der Waals surface area contributed by atoms with Crippen LogP contribution in [0.2, 0.25) is 0 Å². The summed E-state index contributed by atoms with van der Waals surface area (Å²) in [6, 6.07) is 9.57. The van der Waals surface area contributed by atoms with Crippen molar-refractivity contribution >= 4 is 21.6 Å². The number of hydrogen-bond acceptors (Lipinski definition) is 6. The van der Waals surface area contributed by atoms with Crippen LogP contribution in [-0.2, 0) is 16.4 Å². The number of rotatable bonds is 9. The summed E-state index contributed by atoms with van der Waals surface area (Å²) in [6.45, 7) is 9.13. The number of carbonyl (C=O) groups is 1. The molecule has 1 amide bonds. The number of likely N-dealkylation sites (N-methyl/N-ethyl adjacent to an activating group) is 1. The van der Waals surface area contributed by atoms with E-state index in [0.29, 0.717) is 42.3 Å². The Morgan fingerprint density at radius 3 is 2.30 bits per heavy atom. The first kappa shape index (κ1) is 24.8. The van der Waals surface area contributed by atoms with Gasteiger partial charge in [0.15, 0.2) is 11.5 Å². The molecule has 1 aliphatic heterocycles. The standard InChI is InChI=1S/C24H31N3O5S/c1-5-7-18-16-19(17-22(31-3)23(18)32-4)24(28)25-20-8-10-21(11-9-20)33(29,30)27-14-12-26(6-2)13-15-27/h5,8-11,16-17H,1,6-7,12-15H2,2-4H3,(H,25,28). The summed E-state index contributed by atoms with van der Waals surface area (Å²) in [5.41, 5.74) is 1.67. The van der Waals surface area contributed by atoms with Crippen molar-refractivity contribution in [1.82, 2.24) is 9.21 Å². The SMILES string of the molecule is C=CCc1cc(C(=O)Nc2ccc(S(=O)(=O)N3CCN(CC)CC3)cc2)cc(OC)c1OC. The van der Waals surface area contributed by atoms with Crippen molar-refractivity contribution in [1.29, 1.82) is 0 Å². The smallest absolute Gasteiger partial charge is 0.255 e. The van der Waals surface area contributed by atoms with Gasteiger partial charge >= 0.3 is 0 Å². The third kappa shape index (κ3) is 5.55. The van der Waals surface area contributed by atoms with Crippen LogP contribution in [0.4, 0.5) is 5.69 Å². The molecule has 1 saturated heterocycles.